The molecule has 0 atom stereocenters. The highest BCUT2D eigenvalue weighted by molar-refractivity contribution is 7.98. The smallest absolute Gasteiger partial charge is 0.337 e. The van der Waals surface area contributed by atoms with E-state index in [4.69, 9.17) is 9.47 Å². The summed E-state index contributed by atoms with van der Waals surface area (Å²) in [4.78, 5) is 29.8. The number of carbonyl (C=O) groups is 2. The minimum absolute atomic E-state index is 0.321. The number of hydrogen-bond acceptors (Lipinski definition) is 6. The van der Waals surface area contributed by atoms with Crippen LogP contribution in [-0.2, 0) is 11.3 Å². The molecule has 0 saturated heterocycles. The average molecular weight is 459 g/mol. The number of benzene rings is 2. The number of amides is 1. The molecule has 0 spiro atoms. The molecule has 3 rings (SSSR count). The first-order chi connectivity index (χ1) is 15.1. The zero-order valence-electron chi connectivity index (χ0n) is 17.9. The fourth-order valence-electron chi connectivity index (χ4n) is 3.01. The summed E-state index contributed by atoms with van der Waals surface area (Å²) in [5.41, 5.74) is 1.90. The van der Waals surface area contributed by atoms with Gasteiger partial charge >= 0.3 is 5.97 Å². The van der Waals surface area contributed by atoms with Gasteiger partial charge in [0.05, 0.1) is 29.5 Å². The number of aromatic nitrogens is 1. The van der Waals surface area contributed by atoms with Gasteiger partial charge < -0.3 is 14.0 Å². The predicted octanol–water partition coefficient (Wildman–Crippen LogP) is 4.77. The van der Waals surface area contributed by atoms with Crippen LogP contribution in [0.15, 0.2) is 47.5 Å². The number of rotatable bonds is 9. The summed E-state index contributed by atoms with van der Waals surface area (Å²) in [6, 6.07) is 12.5. The van der Waals surface area contributed by atoms with E-state index in [1.807, 2.05) is 23.0 Å². The molecule has 0 N–H and O–H groups in total. The van der Waals surface area contributed by atoms with Crippen LogP contribution < -0.4 is 9.54 Å². The van der Waals surface area contributed by atoms with Crippen LogP contribution in [0.25, 0.3) is 10.2 Å². The van der Waals surface area contributed by atoms with Crippen molar-refractivity contribution < 1.29 is 19.1 Å². The van der Waals surface area contributed by atoms with Gasteiger partial charge in [0.2, 0.25) is 0 Å². The fourth-order valence-corrected chi connectivity index (χ4v) is 4.47. The third-order valence-corrected chi connectivity index (χ3v) is 6.30. The molecule has 0 unspecified atom stereocenters. The van der Waals surface area contributed by atoms with Crippen molar-refractivity contribution >= 4 is 45.2 Å². The summed E-state index contributed by atoms with van der Waals surface area (Å²) in [7, 11) is 1.36. The van der Waals surface area contributed by atoms with Crippen LogP contribution in [0.2, 0.25) is 0 Å². The molecule has 1 amide bonds. The lowest BCUT2D eigenvalue weighted by molar-refractivity contribution is 0.0601. The van der Waals surface area contributed by atoms with Crippen LogP contribution in [0.1, 0.15) is 40.5 Å². The summed E-state index contributed by atoms with van der Waals surface area (Å²) in [6.07, 6.45) is 4.05. The molecule has 0 bridgehead atoms. The lowest BCUT2D eigenvalue weighted by atomic mass is 10.2. The van der Waals surface area contributed by atoms with Gasteiger partial charge in [-0.3, -0.25) is 4.79 Å². The molecule has 6 nitrogen and oxygen atoms in total. The van der Waals surface area contributed by atoms with E-state index in [1.54, 1.807) is 42.1 Å². The lowest BCUT2D eigenvalue weighted by Crippen LogP contribution is -2.18. The average Bonchev–Trinajstić information content (AvgIpc) is 3.13. The molecule has 0 saturated carbocycles. The molecular weight excluding hydrogens is 432 g/mol. The summed E-state index contributed by atoms with van der Waals surface area (Å²) < 4.78 is 13.4. The molecule has 8 heteroatoms. The van der Waals surface area contributed by atoms with Crippen molar-refractivity contribution in [3.8, 4) is 5.75 Å². The molecule has 1 heterocycles. The van der Waals surface area contributed by atoms with Gasteiger partial charge in [0.1, 0.15) is 5.75 Å². The number of methoxy groups -OCH3 is 1. The van der Waals surface area contributed by atoms with Crippen LogP contribution in [0.4, 0.5) is 0 Å². The number of nitrogens with zero attached hydrogens (tertiary/aromatic N) is 2. The largest absolute Gasteiger partial charge is 0.494 e. The maximum absolute atomic E-state index is 12.9. The van der Waals surface area contributed by atoms with E-state index < -0.39 is 0 Å². The maximum Gasteiger partial charge on any atom is 0.337 e. The number of thiazole rings is 1. The van der Waals surface area contributed by atoms with Crippen LogP contribution in [0.3, 0.4) is 0 Å². The first kappa shape index (κ1) is 23.1. The minimum Gasteiger partial charge on any atom is -0.494 e. The normalized spacial score (nSPS) is 11.6. The monoisotopic (exact) mass is 458 g/mol. The Morgan fingerprint density at radius 1 is 1.16 bits per heavy atom. The zero-order valence-corrected chi connectivity index (χ0v) is 19.6. The van der Waals surface area contributed by atoms with Crippen molar-refractivity contribution in [3.63, 3.8) is 0 Å². The SMILES string of the molecule is CCCCOc1cccc(C(=O)N=c2sc3cc(C(=O)OC)ccc3n2CCSC)c1. The Bertz CT molecular complexity index is 1130. The molecule has 0 radical (unpaired) electrons. The molecule has 164 valence electrons. The van der Waals surface area contributed by atoms with Gasteiger partial charge in [0.15, 0.2) is 4.80 Å². The number of esters is 1. The highest BCUT2D eigenvalue weighted by Gasteiger charge is 2.13. The second-order valence-corrected chi connectivity index (χ2v) is 8.84. The van der Waals surface area contributed by atoms with Gasteiger partial charge in [0.25, 0.3) is 5.91 Å². The molecule has 0 aliphatic heterocycles. The van der Waals surface area contributed by atoms with Crippen molar-refractivity contribution in [2.75, 3.05) is 25.7 Å². The Morgan fingerprint density at radius 3 is 2.74 bits per heavy atom. The van der Waals surface area contributed by atoms with Gasteiger partial charge in [-0.25, -0.2) is 4.79 Å². The van der Waals surface area contributed by atoms with Crippen LogP contribution in [0, 0.1) is 0 Å². The lowest BCUT2D eigenvalue weighted by Gasteiger charge is -2.06. The third kappa shape index (κ3) is 5.77. The van der Waals surface area contributed by atoms with E-state index in [-0.39, 0.29) is 11.9 Å². The second-order valence-electron chi connectivity index (χ2n) is 6.85. The number of ether oxygens (including phenoxy) is 2. The van der Waals surface area contributed by atoms with Crippen molar-refractivity contribution in [1.29, 1.82) is 0 Å². The van der Waals surface area contributed by atoms with Crippen molar-refractivity contribution in [1.82, 2.24) is 4.57 Å². The molecule has 0 aliphatic rings. The molecule has 1 aromatic heterocycles. The van der Waals surface area contributed by atoms with E-state index in [9.17, 15) is 9.59 Å². The summed E-state index contributed by atoms with van der Waals surface area (Å²) in [5.74, 6) is 0.843. The number of fused-ring (bicyclic) bond motifs is 1. The molecule has 0 aliphatic carbocycles. The number of aryl methyl sites for hydroxylation is 1. The van der Waals surface area contributed by atoms with Gasteiger partial charge in [-0.1, -0.05) is 30.7 Å². The number of thioether (sulfide) groups is 1. The quantitative estimate of drug-likeness (QED) is 0.341. The van der Waals surface area contributed by atoms with E-state index in [0.29, 0.717) is 34.8 Å². The van der Waals surface area contributed by atoms with Crippen LogP contribution in [-0.4, -0.2) is 42.2 Å². The van der Waals surface area contributed by atoms with Crippen molar-refractivity contribution in [2.24, 2.45) is 4.99 Å². The second kappa shape index (κ2) is 11.2. The van der Waals surface area contributed by atoms with Crippen molar-refractivity contribution in [2.45, 2.75) is 26.3 Å². The summed E-state index contributed by atoms with van der Waals surface area (Å²) in [5, 5.41) is 0. The molecule has 3 aromatic rings. The van der Waals surface area contributed by atoms with E-state index in [1.165, 1.54) is 18.4 Å². The van der Waals surface area contributed by atoms with Gasteiger partial charge in [-0.05, 0) is 49.1 Å². The molecule has 2 aromatic carbocycles. The highest BCUT2D eigenvalue weighted by atomic mass is 32.2. The van der Waals surface area contributed by atoms with Crippen LogP contribution in [0.5, 0.6) is 5.75 Å². The summed E-state index contributed by atoms with van der Waals surface area (Å²) in [6.45, 7) is 3.44. The molecular formula is C23H26N2O4S2. The van der Waals surface area contributed by atoms with E-state index >= 15 is 0 Å². The van der Waals surface area contributed by atoms with Gasteiger partial charge in [0, 0.05) is 17.9 Å². The minimum atomic E-state index is -0.389. The number of carbonyl (C=O) groups excluding carboxylic acids is 2. The Balaban J connectivity index is 1.98. The van der Waals surface area contributed by atoms with Gasteiger partial charge in [-0.15, -0.1) is 0 Å². The zero-order chi connectivity index (χ0) is 22.2. The molecule has 0 fully saturated rings. The van der Waals surface area contributed by atoms with Crippen LogP contribution >= 0.6 is 23.1 Å². The first-order valence-electron chi connectivity index (χ1n) is 10.1. The Kier molecular flexibility index (Phi) is 8.31. The number of unbranched alkanes of at least 4 members (excludes halogenated alkanes) is 1. The Labute approximate surface area is 189 Å². The topological polar surface area (TPSA) is 69.9 Å². The third-order valence-electron chi connectivity index (χ3n) is 4.67. The standard InChI is InChI=1S/C23H26N2O4S2/c1-4-5-12-29-18-8-6-7-16(14-18)21(26)24-23-25(11-13-30-3)19-10-9-17(22(27)28-2)15-20(19)31-23/h6-10,14-15H,4-5,11-13H2,1-3H3. The number of hydrogen-bond donors (Lipinski definition) is 0. The van der Waals surface area contributed by atoms with E-state index in [2.05, 4.69) is 11.9 Å². The summed E-state index contributed by atoms with van der Waals surface area (Å²) >= 11 is 3.11. The fraction of sp³-hybridized carbons (Fsp3) is 0.348. The first-order valence-corrected chi connectivity index (χ1v) is 12.3. The Hall–Kier alpha value is -2.58. The maximum atomic E-state index is 12.9. The van der Waals surface area contributed by atoms with E-state index in [0.717, 1.165) is 28.8 Å². The predicted molar refractivity (Wildman–Crippen MR) is 126 cm³/mol. The molecule has 31 heavy (non-hydrogen) atoms. The Morgan fingerprint density at radius 2 is 2.00 bits per heavy atom. The van der Waals surface area contributed by atoms with Crippen molar-refractivity contribution in [3.05, 3.63) is 58.4 Å². The highest BCUT2D eigenvalue weighted by Crippen LogP contribution is 2.21. The van der Waals surface area contributed by atoms with Gasteiger partial charge in [-0.2, -0.15) is 16.8 Å².